The summed E-state index contributed by atoms with van der Waals surface area (Å²) in [5.74, 6) is 0. The van der Waals surface area contributed by atoms with Gasteiger partial charge in [0, 0.05) is 25.4 Å². The molecule has 5 nitrogen and oxygen atoms in total. The van der Waals surface area contributed by atoms with Gasteiger partial charge in [0.2, 0.25) is 5.56 Å². The monoisotopic (exact) mass is 323 g/mol. The number of rotatable bonds is 3. The third-order valence-electron chi connectivity index (χ3n) is 4.74. The summed E-state index contributed by atoms with van der Waals surface area (Å²) in [6, 6.07) is 10.4. The molecule has 0 bridgehead atoms. The van der Waals surface area contributed by atoms with Crippen molar-refractivity contribution < 1.29 is 4.42 Å². The van der Waals surface area contributed by atoms with E-state index >= 15 is 0 Å². The van der Waals surface area contributed by atoms with Gasteiger partial charge in [0.1, 0.15) is 5.52 Å². The van der Waals surface area contributed by atoms with Crippen molar-refractivity contribution in [2.45, 2.75) is 38.1 Å². The molecule has 1 saturated carbocycles. The Bertz CT molecular complexity index is 920. The van der Waals surface area contributed by atoms with Crippen molar-refractivity contribution in [3.05, 3.63) is 46.9 Å². The quantitative estimate of drug-likeness (QED) is 0.793. The van der Waals surface area contributed by atoms with E-state index in [1.165, 1.54) is 32.1 Å². The minimum Gasteiger partial charge on any atom is -0.424 e. The summed E-state index contributed by atoms with van der Waals surface area (Å²) in [5.41, 5.74) is 3.61. The lowest BCUT2D eigenvalue weighted by molar-refractivity contribution is 0.451. The summed E-state index contributed by atoms with van der Waals surface area (Å²) in [7, 11) is 1.76. The molecule has 1 aliphatic rings. The molecule has 0 radical (unpaired) electrons. The number of aryl methyl sites for hydroxylation is 1. The lowest BCUT2D eigenvalue weighted by atomic mass is 9.96. The number of pyridine rings is 1. The van der Waals surface area contributed by atoms with Crippen LogP contribution >= 0.6 is 0 Å². The molecule has 0 spiro atoms. The van der Waals surface area contributed by atoms with Crippen LogP contribution in [0.3, 0.4) is 0 Å². The van der Waals surface area contributed by atoms with Gasteiger partial charge in [-0.2, -0.15) is 4.98 Å². The molecule has 2 aromatic heterocycles. The Hall–Kier alpha value is -2.56. The van der Waals surface area contributed by atoms with Crippen LogP contribution in [0.25, 0.3) is 22.2 Å². The average molecular weight is 323 g/mol. The number of nitrogens with one attached hydrogen (secondary N) is 1. The third kappa shape index (κ3) is 2.94. The normalized spacial score (nSPS) is 15.7. The summed E-state index contributed by atoms with van der Waals surface area (Å²) in [4.78, 5) is 16.1. The van der Waals surface area contributed by atoms with Crippen molar-refractivity contribution in [1.29, 1.82) is 0 Å². The Morgan fingerprint density at radius 3 is 2.71 bits per heavy atom. The van der Waals surface area contributed by atoms with E-state index in [-0.39, 0.29) is 5.56 Å². The SMILES string of the molecule is Cn1cc(-c2ccc3oc(NC4CCCCC4)nc3c2)ccc1=O. The van der Waals surface area contributed by atoms with Gasteiger partial charge >= 0.3 is 0 Å². The first-order valence-electron chi connectivity index (χ1n) is 8.53. The first-order chi connectivity index (χ1) is 11.7. The molecule has 0 atom stereocenters. The number of fused-ring (bicyclic) bond motifs is 1. The fourth-order valence-electron chi connectivity index (χ4n) is 3.35. The van der Waals surface area contributed by atoms with Crippen LogP contribution in [0, 0.1) is 0 Å². The van der Waals surface area contributed by atoms with Crippen LogP contribution in [0.2, 0.25) is 0 Å². The highest BCUT2D eigenvalue weighted by Gasteiger charge is 2.16. The number of aromatic nitrogens is 2. The molecule has 1 aromatic carbocycles. The number of hydrogen-bond acceptors (Lipinski definition) is 4. The topological polar surface area (TPSA) is 60.1 Å². The molecule has 0 unspecified atom stereocenters. The summed E-state index contributed by atoms with van der Waals surface area (Å²) in [5, 5.41) is 3.42. The Kier molecular flexibility index (Phi) is 3.84. The summed E-state index contributed by atoms with van der Waals surface area (Å²) in [6.07, 6.45) is 8.08. The molecule has 0 aliphatic heterocycles. The second-order valence-electron chi connectivity index (χ2n) is 6.55. The lowest BCUT2D eigenvalue weighted by Crippen LogP contribution is -2.22. The van der Waals surface area contributed by atoms with E-state index in [0.717, 1.165) is 22.2 Å². The summed E-state index contributed by atoms with van der Waals surface area (Å²) < 4.78 is 7.41. The zero-order chi connectivity index (χ0) is 16.5. The van der Waals surface area contributed by atoms with Crippen LogP contribution in [-0.4, -0.2) is 15.6 Å². The number of anilines is 1. The largest absolute Gasteiger partial charge is 0.424 e. The van der Waals surface area contributed by atoms with E-state index in [1.54, 1.807) is 17.7 Å². The zero-order valence-electron chi connectivity index (χ0n) is 13.8. The predicted octanol–water partition coefficient (Wildman–Crippen LogP) is 3.94. The molecule has 4 rings (SSSR count). The molecule has 124 valence electrons. The van der Waals surface area contributed by atoms with Crippen molar-refractivity contribution in [1.82, 2.24) is 9.55 Å². The van der Waals surface area contributed by atoms with E-state index in [9.17, 15) is 4.79 Å². The van der Waals surface area contributed by atoms with E-state index in [4.69, 9.17) is 4.42 Å². The molecule has 0 saturated heterocycles. The van der Waals surface area contributed by atoms with Crippen LogP contribution in [-0.2, 0) is 7.05 Å². The second kappa shape index (κ2) is 6.15. The number of benzene rings is 1. The molecule has 1 N–H and O–H groups in total. The highest BCUT2D eigenvalue weighted by Crippen LogP contribution is 2.27. The third-order valence-corrected chi connectivity index (χ3v) is 4.74. The summed E-state index contributed by atoms with van der Waals surface area (Å²) >= 11 is 0. The first-order valence-corrected chi connectivity index (χ1v) is 8.53. The van der Waals surface area contributed by atoms with E-state index in [0.29, 0.717) is 12.1 Å². The Morgan fingerprint density at radius 2 is 1.92 bits per heavy atom. The van der Waals surface area contributed by atoms with E-state index in [2.05, 4.69) is 10.3 Å². The Morgan fingerprint density at radius 1 is 1.12 bits per heavy atom. The van der Waals surface area contributed by atoms with Crippen molar-refractivity contribution in [2.75, 3.05) is 5.32 Å². The van der Waals surface area contributed by atoms with Gasteiger partial charge < -0.3 is 14.3 Å². The molecule has 1 fully saturated rings. The van der Waals surface area contributed by atoms with Crippen molar-refractivity contribution in [3.63, 3.8) is 0 Å². The molecule has 1 aliphatic carbocycles. The number of oxazole rings is 1. The van der Waals surface area contributed by atoms with Crippen LogP contribution in [0.1, 0.15) is 32.1 Å². The molecule has 0 amide bonds. The van der Waals surface area contributed by atoms with Gasteiger partial charge in [0.15, 0.2) is 5.58 Å². The number of nitrogens with zero attached hydrogens (tertiary/aromatic N) is 2. The van der Waals surface area contributed by atoms with Crippen molar-refractivity contribution in [2.24, 2.45) is 7.05 Å². The van der Waals surface area contributed by atoms with Crippen molar-refractivity contribution in [3.8, 4) is 11.1 Å². The number of hydrogen-bond donors (Lipinski definition) is 1. The fourth-order valence-corrected chi connectivity index (χ4v) is 3.35. The van der Waals surface area contributed by atoms with Gasteiger partial charge in [-0.05, 0) is 42.2 Å². The summed E-state index contributed by atoms with van der Waals surface area (Å²) in [6.45, 7) is 0. The minimum absolute atomic E-state index is 0.0137. The maximum Gasteiger partial charge on any atom is 0.295 e. The molecule has 3 aromatic rings. The maximum absolute atomic E-state index is 11.5. The van der Waals surface area contributed by atoms with Crippen LogP contribution in [0.5, 0.6) is 0 Å². The predicted molar refractivity (Wildman–Crippen MR) is 95.2 cm³/mol. The van der Waals surface area contributed by atoms with Gasteiger partial charge in [-0.1, -0.05) is 25.3 Å². The van der Waals surface area contributed by atoms with Crippen LogP contribution in [0.15, 0.2) is 45.7 Å². The highest BCUT2D eigenvalue weighted by molar-refractivity contribution is 5.81. The average Bonchev–Trinajstić information content (AvgIpc) is 2.99. The zero-order valence-corrected chi connectivity index (χ0v) is 13.8. The van der Waals surface area contributed by atoms with Gasteiger partial charge in [-0.3, -0.25) is 4.79 Å². The Balaban J connectivity index is 1.62. The molecule has 24 heavy (non-hydrogen) atoms. The lowest BCUT2D eigenvalue weighted by Gasteiger charge is -2.21. The smallest absolute Gasteiger partial charge is 0.295 e. The standard InChI is InChI=1S/C19H21N3O2/c1-22-12-14(8-10-18(22)23)13-7-9-17-16(11-13)21-19(24-17)20-15-5-3-2-4-6-15/h7-12,15H,2-6H2,1H3,(H,20,21). The van der Waals surface area contributed by atoms with Gasteiger partial charge in [0.25, 0.3) is 6.01 Å². The Labute approximate surface area is 140 Å². The first kappa shape index (κ1) is 15.0. The van der Waals surface area contributed by atoms with Crippen LogP contribution in [0.4, 0.5) is 6.01 Å². The van der Waals surface area contributed by atoms with Gasteiger partial charge in [-0.15, -0.1) is 0 Å². The van der Waals surface area contributed by atoms with Gasteiger partial charge in [-0.25, -0.2) is 0 Å². The highest BCUT2D eigenvalue weighted by atomic mass is 16.4. The molecular formula is C19H21N3O2. The van der Waals surface area contributed by atoms with Crippen molar-refractivity contribution >= 4 is 17.1 Å². The molecular weight excluding hydrogens is 302 g/mol. The van der Waals surface area contributed by atoms with Gasteiger partial charge in [0.05, 0.1) is 0 Å². The molecule has 2 heterocycles. The van der Waals surface area contributed by atoms with Crippen LogP contribution < -0.4 is 10.9 Å². The van der Waals surface area contributed by atoms with E-state index < -0.39 is 0 Å². The van der Waals surface area contributed by atoms with E-state index in [1.807, 2.05) is 30.5 Å². The second-order valence-corrected chi connectivity index (χ2v) is 6.55. The fraction of sp³-hybridized carbons (Fsp3) is 0.368. The maximum atomic E-state index is 11.5. The minimum atomic E-state index is -0.0137. The molecule has 5 heteroatoms.